The zero-order valence-electron chi connectivity index (χ0n) is 17.5. The largest absolute Gasteiger partial charge is 0.449 e. The molecule has 0 aliphatic heterocycles. The van der Waals surface area contributed by atoms with Gasteiger partial charge in [0.15, 0.2) is 6.10 Å². The minimum Gasteiger partial charge on any atom is -0.449 e. The zero-order chi connectivity index (χ0) is 23.5. The van der Waals surface area contributed by atoms with Crippen LogP contribution in [0.25, 0.3) is 10.9 Å². The molecule has 0 aliphatic carbocycles. The third-order valence-electron chi connectivity index (χ3n) is 4.81. The standard InChI is InChI=1S/C22H22FN3O5S/c1-13-19(11-16-5-6-17(23)12-20(16)26-13)22(28)31-14(2)21(27)25-10-9-15-3-7-18(8-4-15)32(24,29)30/h3-8,11-12,14H,9-10H2,1-2H3,(H,25,27)(H2,24,29,30). The Balaban J connectivity index is 1.56. The molecule has 0 saturated heterocycles. The molecule has 0 bridgehead atoms. The highest BCUT2D eigenvalue weighted by Gasteiger charge is 2.21. The summed E-state index contributed by atoms with van der Waals surface area (Å²) in [7, 11) is -3.76. The van der Waals surface area contributed by atoms with Crippen LogP contribution in [-0.4, -0.2) is 37.9 Å². The van der Waals surface area contributed by atoms with Crippen molar-refractivity contribution in [1.29, 1.82) is 0 Å². The number of rotatable bonds is 7. The molecular formula is C22H22FN3O5S. The number of hydrogen-bond acceptors (Lipinski definition) is 6. The lowest BCUT2D eigenvalue weighted by molar-refractivity contribution is -0.129. The van der Waals surface area contributed by atoms with Gasteiger partial charge in [0.2, 0.25) is 10.0 Å². The van der Waals surface area contributed by atoms with Crippen LogP contribution in [0, 0.1) is 12.7 Å². The molecule has 168 valence electrons. The van der Waals surface area contributed by atoms with E-state index in [1.165, 1.54) is 37.3 Å². The summed E-state index contributed by atoms with van der Waals surface area (Å²) >= 11 is 0. The van der Waals surface area contributed by atoms with Crippen LogP contribution in [-0.2, 0) is 26.0 Å². The van der Waals surface area contributed by atoms with Gasteiger partial charge in [0.05, 0.1) is 21.7 Å². The first-order valence-electron chi connectivity index (χ1n) is 9.72. The normalized spacial score (nSPS) is 12.4. The number of esters is 1. The van der Waals surface area contributed by atoms with Crippen LogP contribution in [0.1, 0.15) is 28.5 Å². The summed E-state index contributed by atoms with van der Waals surface area (Å²) in [5, 5.41) is 8.30. The van der Waals surface area contributed by atoms with Crippen molar-refractivity contribution < 1.29 is 27.1 Å². The number of nitrogens with two attached hydrogens (primary N) is 1. The first-order chi connectivity index (χ1) is 15.0. The van der Waals surface area contributed by atoms with E-state index >= 15 is 0 Å². The van der Waals surface area contributed by atoms with Gasteiger partial charge in [-0.05, 0) is 56.2 Å². The van der Waals surface area contributed by atoms with Gasteiger partial charge in [0.1, 0.15) is 5.82 Å². The van der Waals surface area contributed by atoms with E-state index in [0.717, 1.165) is 5.56 Å². The molecule has 2 aromatic carbocycles. The second-order valence-electron chi connectivity index (χ2n) is 7.24. The number of benzene rings is 2. The number of halogens is 1. The van der Waals surface area contributed by atoms with E-state index in [0.29, 0.717) is 23.0 Å². The maximum atomic E-state index is 13.4. The molecule has 1 amide bonds. The fraction of sp³-hybridized carbons (Fsp3) is 0.227. The number of fused-ring (bicyclic) bond motifs is 1. The van der Waals surface area contributed by atoms with Crippen LogP contribution in [0.15, 0.2) is 53.4 Å². The SMILES string of the molecule is Cc1nc2cc(F)ccc2cc1C(=O)OC(C)C(=O)NCCc1ccc(S(N)(=O)=O)cc1. The van der Waals surface area contributed by atoms with Crippen molar-refractivity contribution in [3.05, 3.63) is 71.2 Å². The average Bonchev–Trinajstić information content (AvgIpc) is 2.72. The Morgan fingerprint density at radius 2 is 1.84 bits per heavy atom. The van der Waals surface area contributed by atoms with Crippen molar-refractivity contribution in [3.8, 4) is 0 Å². The smallest absolute Gasteiger partial charge is 0.340 e. The monoisotopic (exact) mass is 459 g/mol. The number of pyridine rings is 1. The molecular weight excluding hydrogens is 437 g/mol. The minimum absolute atomic E-state index is 0.00873. The predicted octanol–water partition coefficient (Wildman–Crippen LogP) is 2.23. The molecule has 0 aliphatic rings. The molecule has 3 aromatic rings. The summed E-state index contributed by atoms with van der Waals surface area (Å²) in [6, 6.07) is 11.6. The summed E-state index contributed by atoms with van der Waals surface area (Å²) in [4.78, 5) is 29.0. The van der Waals surface area contributed by atoms with Gasteiger partial charge in [0.25, 0.3) is 5.91 Å². The van der Waals surface area contributed by atoms with Gasteiger partial charge in [-0.3, -0.25) is 9.78 Å². The van der Waals surface area contributed by atoms with Crippen molar-refractivity contribution >= 4 is 32.8 Å². The first-order valence-corrected chi connectivity index (χ1v) is 11.3. The molecule has 0 saturated carbocycles. The lowest BCUT2D eigenvalue weighted by Gasteiger charge is -2.14. The molecule has 0 spiro atoms. The molecule has 0 fully saturated rings. The van der Waals surface area contributed by atoms with Gasteiger partial charge in [-0.1, -0.05) is 12.1 Å². The van der Waals surface area contributed by atoms with Gasteiger partial charge < -0.3 is 10.1 Å². The van der Waals surface area contributed by atoms with Crippen LogP contribution in [0.4, 0.5) is 4.39 Å². The molecule has 1 heterocycles. The van der Waals surface area contributed by atoms with E-state index in [1.54, 1.807) is 25.1 Å². The highest BCUT2D eigenvalue weighted by molar-refractivity contribution is 7.89. The number of aromatic nitrogens is 1. The average molecular weight is 459 g/mol. The van der Waals surface area contributed by atoms with E-state index in [1.807, 2.05) is 0 Å². The summed E-state index contributed by atoms with van der Waals surface area (Å²) in [5.74, 6) is -1.61. The van der Waals surface area contributed by atoms with Crippen molar-refractivity contribution in [2.45, 2.75) is 31.3 Å². The Morgan fingerprint density at radius 3 is 2.50 bits per heavy atom. The molecule has 1 atom stereocenters. The van der Waals surface area contributed by atoms with Crippen molar-refractivity contribution in [3.63, 3.8) is 0 Å². The lowest BCUT2D eigenvalue weighted by Crippen LogP contribution is -2.37. The van der Waals surface area contributed by atoms with Crippen LogP contribution in [0.5, 0.6) is 0 Å². The second kappa shape index (κ2) is 9.41. The molecule has 1 unspecified atom stereocenters. The number of aryl methyl sites for hydroxylation is 1. The van der Waals surface area contributed by atoms with E-state index in [4.69, 9.17) is 9.88 Å². The van der Waals surface area contributed by atoms with Gasteiger partial charge in [0, 0.05) is 18.0 Å². The van der Waals surface area contributed by atoms with Crippen molar-refractivity contribution in [2.75, 3.05) is 6.54 Å². The van der Waals surface area contributed by atoms with E-state index in [-0.39, 0.29) is 17.0 Å². The summed E-state index contributed by atoms with van der Waals surface area (Å²) < 4.78 is 41.2. The summed E-state index contributed by atoms with van der Waals surface area (Å²) in [6.45, 7) is 3.32. The number of carbonyl (C=O) groups excluding carboxylic acids is 2. The Kier molecular flexibility index (Phi) is 6.85. The molecule has 10 heteroatoms. The number of hydrogen-bond donors (Lipinski definition) is 2. The zero-order valence-corrected chi connectivity index (χ0v) is 18.3. The Bertz CT molecular complexity index is 1280. The van der Waals surface area contributed by atoms with Crippen molar-refractivity contribution in [2.24, 2.45) is 5.14 Å². The summed E-state index contributed by atoms with van der Waals surface area (Å²) in [6.07, 6.45) is -0.600. The number of nitrogens with zero attached hydrogens (tertiary/aromatic N) is 1. The maximum absolute atomic E-state index is 13.4. The fourth-order valence-corrected chi connectivity index (χ4v) is 3.56. The van der Waals surface area contributed by atoms with E-state index in [9.17, 15) is 22.4 Å². The van der Waals surface area contributed by atoms with Crippen molar-refractivity contribution in [1.82, 2.24) is 10.3 Å². The number of sulfonamides is 1. The van der Waals surface area contributed by atoms with Crippen LogP contribution in [0.2, 0.25) is 0 Å². The molecule has 8 nitrogen and oxygen atoms in total. The number of nitrogens with one attached hydrogen (secondary N) is 1. The van der Waals surface area contributed by atoms with E-state index < -0.39 is 33.8 Å². The third kappa shape index (κ3) is 5.65. The highest BCUT2D eigenvalue weighted by Crippen LogP contribution is 2.19. The van der Waals surface area contributed by atoms with Crippen LogP contribution < -0.4 is 10.5 Å². The molecule has 32 heavy (non-hydrogen) atoms. The minimum atomic E-state index is -3.76. The second-order valence-corrected chi connectivity index (χ2v) is 8.80. The molecule has 1 aromatic heterocycles. The quantitative estimate of drug-likeness (QED) is 0.522. The van der Waals surface area contributed by atoms with Crippen LogP contribution >= 0.6 is 0 Å². The van der Waals surface area contributed by atoms with Gasteiger partial charge in [-0.25, -0.2) is 22.7 Å². The van der Waals surface area contributed by atoms with Gasteiger partial charge in [-0.15, -0.1) is 0 Å². The van der Waals surface area contributed by atoms with E-state index in [2.05, 4.69) is 10.3 Å². The fourth-order valence-electron chi connectivity index (χ4n) is 3.04. The van der Waals surface area contributed by atoms with Gasteiger partial charge in [-0.2, -0.15) is 0 Å². The van der Waals surface area contributed by atoms with Gasteiger partial charge >= 0.3 is 5.97 Å². The Hall–Kier alpha value is -3.37. The number of ether oxygens (including phenoxy) is 1. The molecule has 3 rings (SSSR count). The number of carbonyl (C=O) groups is 2. The number of primary sulfonamides is 1. The highest BCUT2D eigenvalue weighted by atomic mass is 32.2. The lowest BCUT2D eigenvalue weighted by atomic mass is 10.1. The Labute approximate surface area is 184 Å². The van der Waals surface area contributed by atoms with Crippen LogP contribution in [0.3, 0.4) is 0 Å². The topological polar surface area (TPSA) is 128 Å². The summed E-state index contributed by atoms with van der Waals surface area (Å²) in [5.41, 5.74) is 1.78. The molecule has 3 N–H and O–H groups in total. The maximum Gasteiger partial charge on any atom is 0.340 e. The number of amides is 1. The first kappa shape index (κ1) is 23.3. The molecule has 0 radical (unpaired) electrons. The third-order valence-corrected chi connectivity index (χ3v) is 5.74. The predicted molar refractivity (Wildman–Crippen MR) is 116 cm³/mol. The Morgan fingerprint density at radius 1 is 1.16 bits per heavy atom.